The standard InChI is InChI=1S/C25H28BBrN4O9S/c1-14-3-2-4-16-11-17(26(37)40-22(14)16)13-19(33)21(15-5-6-20(18(32)12-15)41(28,38)39)29-25(36)31-10-9-30(8-7-27)23(34)24(31)35/h2-6,12,17,21,32,37H,7-11,13H2,1H3,(H,29,36)(H2,28,38,39)/t17-,21-/m1/s1. The van der Waals surface area contributed by atoms with Crippen molar-refractivity contribution < 1.29 is 42.4 Å². The number of benzene rings is 2. The summed E-state index contributed by atoms with van der Waals surface area (Å²) in [6, 6.07) is 6.08. The van der Waals surface area contributed by atoms with E-state index < -0.39 is 63.3 Å². The van der Waals surface area contributed by atoms with Crippen molar-refractivity contribution in [2.45, 2.75) is 36.5 Å². The Morgan fingerprint density at radius 2 is 1.95 bits per heavy atom. The summed E-state index contributed by atoms with van der Waals surface area (Å²) in [5.41, 5.74) is 1.60. The fraction of sp³-hybridized carbons (Fsp3) is 0.360. The smallest absolute Gasteiger partial charge is 0.526 e. The summed E-state index contributed by atoms with van der Waals surface area (Å²) >= 11 is 3.20. The zero-order chi connectivity index (χ0) is 30.1. The molecule has 1 saturated heterocycles. The Balaban J connectivity index is 1.61. The number of hydrogen-bond donors (Lipinski definition) is 4. The molecule has 0 aromatic heterocycles. The number of imide groups is 1. The van der Waals surface area contributed by atoms with Gasteiger partial charge in [0.25, 0.3) is 0 Å². The van der Waals surface area contributed by atoms with Gasteiger partial charge in [-0.3, -0.25) is 19.3 Å². The lowest BCUT2D eigenvalue weighted by Gasteiger charge is -2.33. The minimum absolute atomic E-state index is 0.00703. The summed E-state index contributed by atoms with van der Waals surface area (Å²) in [4.78, 5) is 53.3. The Labute approximate surface area is 244 Å². The number of nitrogens with zero attached hydrogens (tertiary/aromatic N) is 2. The van der Waals surface area contributed by atoms with Crippen LogP contribution in [0.3, 0.4) is 0 Å². The van der Waals surface area contributed by atoms with Gasteiger partial charge in [-0.25, -0.2) is 18.4 Å². The number of rotatable bonds is 8. The molecule has 2 aromatic rings. The number of amides is 4. The van der Waals surface area contributed by atoms with Crippen LogP contribution < -0.4 is 15.1 Å². The minimum Gasteiger partial charge on any atom is -0.536 e. The molecule has 13 nitrogen and oxygen atoms in total. The number of aromatic hydroxyl groups is 1. The van der Waals surface area contributed by atoms with Crippen LogP contribution in [0.4, 0.5) is 4.79 Å². The molecule has 2 aliphatic rings. The zero-order valence-corrected chi connectivity index (χ0v) is 24.4. The van der Waals surface area contributed by atoms with Gasteiger partial charge in [0.15, 0.2) is 5.78 Å². The topological polar surface area (TPSA) is 197 Å². The Morgan fingerprint density at radius 3 is 2.61 bits per heavy atom. The number of phenolic OH excluding ortho intramolecular Hbond substituents is 1. The van der Waals surface area contributed by atoms with Crippen molar-refractivity contribution in [3.63, 3.8) is 0 Å². The van der Waals surface area contributed by atoms with E-state index in [1.165, 1.54) is 11.0 Å². The monoisotopic (exact) mass is 650 g/mol. The molecule has 5 N–H and O–H groups in total. The predicted molar refractivity (Wildman–Crippen MR) is 150 cm³/mol. The molecule has 0 unspecified atom stereocenters. The van der Waals surface area contributed by atoms with Gasteiger partial charge in [0, 0.05) is 37.2 Å². The third kappa shape index (κ3) is 6.55. The fourth-order valence-corrected chi connectivity index (χ4v) is 5.92. The number of piperazine rings is 1. The molecule has 0 bridgehead atoms. The lowest BCUT2D eigenvalue weighted by atomic mass is 9.64. The van der Waals surface area contributed by atoms with E-state index >= 15 is 0 Å². The molecule has 0 spiro atoms. The van der Waals surface area contributed by atoms with Gasteiger partial charge in [-0.15, -0.1) is 0 Å². The molecule has 16 heteroatoms. The molecule has 4 rings (SSSR count). The number of hydrogen-bond acceptors (Lipinski definition) is 9. The summed E-state index contributed by atoms with van der Waals surface area (Å²) in [5, 5.41) is 29.0. The number of para-hydroxylation sites is 1. The minimum atomic E-state index is -4.29. The molecule has 2 aromatic carbocycles. The highest BCUT2D eigenvalue weighted by molar-refractivity contribution is 9.09. The maximum atomic E-state index is 13.6. The van der Waals surface area contributed by atoms with Crippen molar-refractivity contribution in [3.8, 4) is 11.5 Å². The van der Waals surface area contributed by atoms with E-state index in [1.54, 1.807) is 0 Å². The first-order valence-corrected chi connectivity index (χ1v) is 15.3. The van der Waals surface area contributed by atoms with Crippen molar-refractivity contribution >= 4 is 56.7 Å². The number of sulfonamides is 1. The average Bonchev–Trinajstić information content (AvgIpc) is 2.90. The van der Waals surface area contributed by atoms with Crippen LogP contribution in [-0.4, -0.2) is 84.1 Å². The van der Waals surface area contributed by atoms with Crippen LogP contribution in [0, 0.1) is 6.92 Å². The number of alkyl halides is 1. The Morgan fingerprint density at radius 1 is 1.22 bits per heavy atom. The highest BCUT2D eigenvalue weighted by Gasteiger charge is 2.40. The first-order chi connectivity index (χ1) is 19.3. The van der Waals surface area contributed by atoms with E-state index in [0.717, 1.165) is 23.3 Å². The maximum absolute atomic E-state index is 13.6. The van der Waals surface area contributed by atoms with Gasteiger partial charge in [0.2, 0.25) is 10.0 Å². The number of aryl methyl sites for hydroxylation is 1. The molecule has 0 aliphatic carbocycles. The van der Waals surface area contributed by atoms with Crippen LogP contribution >= 0.6 is 15.9 Å². The van der Waals surface area contributed by atoms with Crippen LogP contribution in [0.15, 0.2) is 41.3 Å². The van der Waals surface area contributed by atoms with Gasteiger partial charge in [-0.05, 0) is 42.2 Å². The van der Waals surface area contributed by atoms with Gasteiger partial charge in [-0.1, -0.05) is 40.2 Å². The predicted octanol–water partition coefficient (Wildman–Crippen LogP) is 0.609. The molecule has 2 atom stereocenters. The van der Waals surface area contributed by atoms with Gasteiger partial charge in [0.05, 0.1) is 0 Å². The second-order valence-corrected chi connectivity index (χ2v) is 12.1. The Hall–Kier alpha value is -3.47. The van der Waals surface area contributed by atoms with Gasteiger partial charge in [-0.2, -0.15) is 0 Å². The molecule has 4 amide bonds. The number of halogens is 1. The van der Waals surface area contributed by atoms with Crippen LogP contribution in [0.5, 0.6) is 11.5 Å². The summed E-state index contributed by atoms with van der Waals surface area (Å²) in [6.45, 7) is 2.07. The Kier molecular flexibility index (Phi) is 9.06. The molecule has 0 radical (unpaired) electrons. The largest absolute Gasteiger partial charge is 0.536 e. The number of primary sulfonamides is 1. The first-order valence-electron chi connectivity index (χ1n) is 12.6. The molecule has 41 heavy (non-hydrogen) atoms. The summed E-state index contributed by atoms with van der Waals surface area (Å²) < 4.78 is 29.2. The van der Waals surface area contributed by atoms with Crippen molar-refractivity contribution in [3.05, 3.63) is 53.1 Å². The van der Waals surface area contributed by atoms with E-state index in [4.69, 9.17) is 9.79 Å². The maximum Gasteiger partial charge on any atom is 0.526 e. The number of nitrogens with one attached hydrogen (secondary N) is 1. The number of Topliss-reactive ketones (excluding diaryl/α,β-unsaturated/α-hetero) is 1. The Bertz CT molecular complexity index is 1510. The summed E-state index contributed by atoms with van der Waals surface area (Å²) in [7, 11) is -5.62. The van der Waals surface area contributed by atoms with Crippen molar-refractivity contribution in [2.75, 3.05) is 25.0 Å². The van der Waals surface area contributed by atoms with Crippen LogP contribution in [0.2, 0.25) is 5.82 Å². The molecular formula is C25H28BBrN4O9S. The number of phenols is 1. The van der Waals surface area contributed by atoms with E-state index in [2.05, 4.69) is 21.2 Å². The molecule has 2 heterocycles. The number of urea groups is 1. The second-order valence-electron chi connectivity index (χ2n) is 9.80. The van der Waals surface area contributed by atoms with Gasteiger partial charge in [0.1, 0.15) is 22.4 Å². The number of nitrogens with two attached hydrogens (primary N) is 1. The fourth-order valence-electron chi connectivity index (χ4n) is 4.88. The van der Waals surface area contributed by atoms with Crippen LogP contribution in [0.1, 0.15) is 29.2 Å². The van der Waals surface area contributed by atoms with E-state index in [1.807, 2.05) is 25.1 Å². The van der Waals surface area contributed by atoms with E-state index in [0.29, 0.717) is 22.4 Å². The third-order valence-corrected chi connectivity index (χ3v) is 8.31. The zero-order valence-electron chi connectivity index (χ0n) is 21.9. The van der Waals surface area contributed by atoms with Crippen molar-refractivity contribution in [2.24, 2.45) is 5.14 Å². The highest BCUT2D eigenvalue weighted by atomic mass is 79.9. The molecule has 0 saturated carbocycles. The number of carbonyl (C=O) groups is 4. The number of fused-ring (bicyclic) bond motifs is 1. The molecule has 218 valence electrons. The molecule has 2 aliphatic heterocycles. The SMILES string of the molecule is Cc1cccc2c1OB(O)[C@@H](CC(=O)[C@H](NC(=O)N1CCN(CCBr)C(=O)C1=O)c1ccc(S(N)(=O)=O)c(O)c1)C2. The van der Waals surface area contributed by atoms with Crippen molar-refractivity contribution in [1.29, 1.82) is 0 Å². The highest BCUT2D eigenvalue weighted by Crippen LogP contribution is 2.37. The number of ketones is 1. The van der Waals surface area contributed by atoms with Gasteiger partial charge < -0.3 is 25.0 Å². The van der Waals surface area contributed by atoms with Crippen LogP contribution in [-0.2, 0) is 30.8 Å². The average molecular weight is 651 g/mol. The summed E-state index contributed by atoms with van der Waals surface area (Å²) in [6.07, 6.45) is 0.00577. The van der Waals surface area contributed by atoms with Gasteiger partial charge >= 0.3 is 25.0 Å². The summed E-state index contributed by atoms with van der Waals surface area (Å²) in [5.74, 6) is -3.50. The normalized spacial score (nSPS) is 18.0. The van der Waals surface area contributed by atoms with Crippen molar-refractivity contribution in [1.82, 2.24) is 15.1 Å². The van der Waals surface area contributed by atoms with Crippen LogP contribution in [0.25, 0.3) is 0 Å². The lowest BCUT2D eigenvalue weighted by molar-refractivity contribution is -0.153. The quantitative estimate of drug-likeness (QED) is 0.180. The first kappa shape index (κ1) is 30.5. The second kappa shape index (κ2) is 12.2. The molecule has 1 fully saturated rings. The number of carbonyl (C=O) groups excluding carboxylic acids is 4. The van der Waals surface area contributed by atoms with E-state index in [9.17, 15) is 37.7 Å². The molecular weight excluding hydrogens is 623 g/mol. The van der Waals surface area contributed by atoms with E-state index in [-0.39, 0.29) is 31.6 Å². The third-order valence-electron chi connectivity index (χ3n) is 7.00. The lowest BCUT2D eigenvalue weighted by Crippen LogP contribution is -2.59.